The highest BCUT2D eigenvalue weighted by Crippen LogP contribution is 2.27. The molecule has 39 heavy (non-hydrogen) atoms. The number of likely N-dealkylation sites (N-methyl/N-ethyl adjacent to an activating group) is 1. The predicted molar refractivity (Wildman–Crippen MR) is 144 cm³/mol. The molecule has 4 rings (SSSR count). The number of hydrogen-bond donors (Lipinski definition) is 1. The Kier molecular flexibility index (Phi) is 8.59. The van der Waals surface area contributed by atoms with Gasteiger partial charge in [-0.3, -0.25) is 0 Å². The Balaban J connectivity index is 1.29. The third-order valence-corrected chi connectivity index (χ3v) is 6.87. The molecule has 3 aromatic carbocycles. The van der Waals surface area contributed by atoms with Crippen LogP contribution in [0.15, 0.2) is 72.8 Å². The lowest BCUT2D eigenvalue weighted by Gasteiger charge is -2.26. The van der Waals surface area contributed by atoms with Crippen molar-refractivity contribution >= 4 is 12.0 Å². The van der Waals surface area contributed by atoms with Gasteiger partial charge in [0.15, 0.2) is 11.6 Å². The number of amides is 2. The van der Waals surface area contributed by atoms with Crippen LogP contribution in [-0.2, 0) is 17.8 Å². The Morgan fingerprint density at radius 1 is 1.05 bits per heavy atom. The summed E-state index contributed by atoms with van der Waals surface area (Å²) in [6, 6.07) is 20.5. The summed E-state index contributed by atoms with van der Waals surface area (Å²) < 4.78 is 30.8. The van der Waals surface area contributed by atoms with Crippen LogP contribution in [-0.4, -0.2) is 65.9 Å². The van der Waals surface area contributed by atoms with Gasteiger partial charge in [-0.25, -0.2) is 14.0 Å². The van der Waals surface area contributed by atoms with Gasteiger partial charge in [0, 0.05) is 33.0 Å². The lowest BCUT2D eigenvalue weighted by Crippen LogP contribution is -2.43. The molecule has 1 aliphatic rings. The number of rotatable bonds is 12. The standard InChI is InChI=1S/C30H33FN2O6/c1-30(28(34)35,39-27-10-5-4-9-26(27)31)18-21-11-13-24(14-12-21)38-16-15-23-20-33(29(36)32(23)2)19-22-7-6-8-25(17-22)37-3/h4-14,17,23H,15-16,18-20H2,1-3H3,(H,34,35)/t23-,30+/m0/s1. The van der Waals surface area contributed by atoms with E-state index < -0.39 is 17.4 Å². The summed E-state index contributed by atoms with van der Waals surface area (Å²) >= 11 is 0. The Morgan fingerprint density at radius 2 is 1.79 bits per heavy atom. The summed E-state index contributed by atoms with van der Waals surface area (Å²) in [5.74, 6) is -0.534. The van der Waals surface area contributed by atoms with Crippen molar-refractivity contribution in [2.24, 2.45) is 0 Å². The lowest BCUT2D eigenvalue weighted by molar-refractivity contribution is -0.153. The molecule has 0 saturated carbocycles. The van der Waals surface area contributed by atoms with Gasteiger partial charge in [-0.05, 0) is 54.4 Å². The molecule has 0 aliphatic carbocycles. The van der Waals surface area contributed by atoms with E-state index >= 15 is 0 Å². The van der Waals surface area contributed by atoms with E-state index in [1.165, 1.54) is 25.1 Å². The maximum absolute atomic E-state index is 14.0. The van der Waals surface area contributed by atoms with Crippen molar-refractivity contribution in [3.63, 3.8) is 0 Å². The van der Waals surface area contributed by atoms with E-state index in [2.05, 4.69) is 0 Å². The van der Waals surface area contributed by atoms with Crippen molar-refractivity contribution in [3.8, 4) is 17.2 Å². The van der Waals surface area contributed by atoms with Crippen LogP contribution in [0.2, 0.25) is 0 Å². The van der Waals surface area contributed by atoms with E-state index in [9.17, 15) is 19.1 Å². The summed E-state index contributed by atoms with van der Waals surface area (Å²) in [6.07, 6.45) is 0.696. The van der Waals surface area contributed by atoms with Crippen molar-refractivity contribution in [1.82, 2.24) is 9.80 Å². The number of carbonyl (C=O) groups excluding carboxylic acids is 1. The molecule has 0 spiro atoms. The summed E-state index contributed by atoms with van der Waals surface area (Å²) in [4.78, 5) is 28.3. The molecule has 206 valence electrons. The molecule has 0 bridgehead atoms. The second kappa shape index (κ2) is 12.1. The van der Waals surface area contributed by atoms with Gasteiger partial charge in [-0.1, -0.05) is 36.4 Å². The first kappa shape index (κ1) is 27.8. The number of nitrogens with zero attached hydrogens (tertiary/aromatic N) is 2. The van der Waals surface area contributed by atoms with Crippen molar-refractivity contribution in [2.75, 3.05) is 27.3 Å². The zero-order valence-corrected chi connectivity index (χ0v) is 22.3. The van der Waals surface area contributed by atoms with Crippen LogP contribution >= 0.6 is 0 Å². The number of benzene rings is 3. The monoisotopic (exact) mass is 536 g/mol. The maximum Gasteiger partial charge on any atom is 0.348 e. The number of halogens is 1. The number of carboxylic acids is 1. The topological polar surface area (TPSA) is 88.5 Å². The number of ether oxygens (including phenoxy) is 3. The van der Waals surface area contributed by atoms with E-state index in [-0.39, 0.29) is 24.2 Å². The second-order valence-electron chi connectivity index (χ2n) is 9.81. The van der Waals surface area contributed by atoms with Crippen LogP contribution < -0.4 is 14.2 Å². The molecule has 9 heteroatoms. The molecule has 2 atom stereocenters. The zero-order chi connectivity index (χ0) is 28.0. The number of methoxy groups -OCH3 is 1. The molecule has 1 N–H and O–H groups in total. The van der Waals surface area contributed by atoms with Gasteiger partial charge < -0.3 is 29.1 Å². The van der Waals surface area contributed by atoms with Crippen LogP contribution in [0.3, 0.4) is 0 Å². The highest BCUT2D eigenvalue weighted by atomic mass is 19.1. The molecular weight excluding hydrogens is 503 g/mol. The quantitative estimate of drug-likeness (QED) is 0.350. The fourth-order valence-electron chi connectivity index (χ4n) is 4.57. The number of carboxylic acid groups (broad SMARTS) is 1. The van der Waals surface area contributed by atoms with Gasteiger partial charge in [0.05, 0.1) is 19.8 Å². The average molecular weight is 537 g/mol. The fraction of sp³-hybridized carbons (Fsp3) is 0.333. The Morgan fingerprint density at radius 3 is 2.49 bits per heavy atom. The minimum absolute atomic E-state index is 0.0220. The Hall–Kier alpha value is -4.27. The van der Waals surface area contributed by atoms with Crippen molar-refractivity contribution in [3.05, 3.63) is 89.7 Å². The molecule has 1 aliphatic heterocycles. The summed E-state index contributed by atoms with van der Waals surface area (Å²) in [5.41, 5.74) is 0.0604. The smallest absolute Gasteiger partial charge is 0.348 e. The molecule has 8 nitrogen and oxygen atoms in total. The molecular formula is C30H33FN2O6. The van der Waals surface area contributed by atoms with Gasteiger partial charge in [0.2, 0.25) is 5.60 Å². The minimum atomic E-state index is -1.65. The molecule has 2 amide bonds. The summed E-state index contributed by atoms with van der Waals surface area (Å²) in [5, 5.41) is 9.78. The fourth-order valence-corrected chi connectivity index (χ4v) is 4.57. The molecule has 0 aromatic heterocycles. The average Bonchev–Trinajstić information content (AvgIpc) is 3.18. The largest absolute Gasteiger partial charge is 0.497 e. The molecule has 1 fully saturated rings. The van der Waals surface area contributed by atoms with Gasteiger partial charge in [0.1, 0.15) is 11.5 Å². The van der Waals surface area contributed by atoms with E-state index in [0.29, 0.717) is 37.4 Å². The number of urea groups is 1. The zero-order valence-electron chi connectivity index (χ0n) is 22.3. The van der Waals surface area contributed by atoms with Crippen molar-refractivity contribution in [1.29, 1.82) is 0 Å². The number of aliphatic carboxylic acids is 1. The normalized spacial score (nSPS) is 16.6. The van der Waals surface area contributed by atoms with Crippen LogP contribution in [0.4, 0.5) is 9.18 Å². The van der Waals surface area contributed by atoms with Crippen molar-refractivity contribution in [2.45, 2.75) is 38.0 Å². The summed E-state index contributed by atoms with van der Waals surface area (Å²) in [6.45, 7) is 2.95. The lowest BCUT2D eigenvalue weighted by atomic mass is 9.96. The number of hydrogen-bond acceptors (Lipinski definition) is 5. The highest BCUT2D eigenvalue weighted by molar-refractivity contribution is 5.78. The highest BCUT2D eigenvalue weighted by Gasteiger charge is 2.37. The first-order valence-electron chi connectivity index (χ1n) is 12.7. The summed E-state index contributed by atoms with van der Waals surface area (Å²) in [7, 11) is 3.42. The van der Waals surface area contributed by atoms with E-state index in [0.717, 1.165) is 11.3 Å². The molecule has 3 aromatic rings. The van der Waals surface area contributed by atoms with Gasteiger partial charge in [-0.15, -0.1) is 0 Å². The molecule has 0 unspecified atom stereocenters. The minimum Gasteiger partial charge on any atom is -0.497 e. The van der Waals surface area contributed by atoms with Crippen molar-refractivity contribution < 1.29 is 33.3 Å². The number of para-hydroxylation sites is 1. The van der Waals surface area contributed by atoms with E-state index in [1.54, 1.807) is 49.4 Å². The van der Waals surface area contributed by atoms with Crippen LogP contribution in [0.25, 0.3) is 0 Å². The second-order valence-corrected chi connectivity index (χ2v) is 9.81. The Labute approximate surface area is 227 Å². The predicted octanol–water partition coefficient (Wildman–Crippen LogP) is 5.00. The van der Waals surface area contributed by atoms with Gasteiger partial charge in [0.25, 0.3) is 0 Å². The van der Waals surface area contributed by atoms with Gasteiger partial charge in [-0.2, -0.15) is 0 Å². The first-order chi connectivity index (χ1) is 18.7. The van der Waals surface area contributed by atoms with Crippen LogP contribution in [0.1, 0.15) is 24.5 Å². The molecule has 1 heterocycles. The van der Waals surface area contributed by atoms with E-state index in [4.69, 9.17) is 14.2 Å². The SMILES string of the molecule is COc1cccc(CN2C[C@H](CCOc3ccc(C[C@@](C)(Oc4ccccc4F)C(=O)O)cc3)N(C)C2=O)c1. The van der Waals surface area contributed by atoms with E-state index in [1.807, 2.05) is 29.2 Å². The van der Waals surface area contributed by atoms with Crippen LogP contribution in [0.5, 0.6) is 17.2 Å². The third-order valence-electron chi connectivity index (χ3n) is 6.87. The van der Waals surface area contributed by atoms with Gasteiger partial charge >= 0.3 is 12.0 Å². The number of carbonyl (C=O) groups is 2. The molecule has 1 saturated heterocycles. The molecule has 0 radical (unpaired) electrons. The third kappa shape index (κ3) is 6.79. The first-order valence-corrected chi connectivity index (χ1v) is 12.7. The maximum atomic E-state index is 14.0. The van der Waals surface area contributed by atoms with Crippen LogP contribution in [0, 0.1) is 5.82 Å². The Bertz CT molecular complexity index is 1300.